The molecular formula is C13H23N3O. The molecule has 1 aliphatic heterocycles. The van der Waals surface area contributed by atoms with Gasteiger partial charge in [0.05, 0.1) is 6.54 Å². The molecule has 2 heterocycles. The number of aromatic nitrogens is 2. The van der Waals surface area contributed by atoms with Crippen molar-refractivity contribution in [3.05, 3.63) is 11.7 Å². The number of aryl methyl sites for hydroxylation is 1. The predicted molar refractivity (Wildman–Crippen MR) is 66.6 cm³/mol. The first kappa shape index (κ1) is 12.6. The number of piperidine rings is 1. The summed E-state index contributed by atoms with van der Waals surface area (Å²) in [6, 6.07) is 0. The van der Waals surface area contributed by atoms with Crippen molar-refractivity contribution >= 4 is 0 Å². The summed E-state index contributed by atoms with van der Waals surface area (Å²) < 4.78 is 5.29. The Morgan fingerprint density at radius 2 is 2.12 bits per heavy atom. The molecule has 0 bridgehead atoms. The quantitative estimate of drug-likeness (QED) is 0.789. The van der Waals surface area contributed by atoms with Gasteiger partial charge in [0.1, 0.15) is 0 Å². The van der Waals surface area contributed by atoms with Gasteiger partial charge in [-0.05, 0) is 38.3 Å². The van der Waals surface area contributed by atoms with Crippen molar-refractivity contribution in [2.24, 2.45) is 5.92 Å². The van der Waals surface area contributed by atoms with Crippen molar-refractivity contribution in [3.8, 4) is 0 Å². The van der Waals surface area contributed by atoms with Gasteiger partial charge in [0.15, 0.2) is 5.82 Å². The maximum Gasteiger partial charge on any atom is 0.240 e. The molecule has 0 unspecified atom stereocenters. The van der Waals surface area contributed by atoms with Crippen molar-refractivity contribution in [2.75, 3.05) is 13.1 Å². The largest absolute Gasteiger partial charge is 0.338 e. The van der Waals surface area contributed by atoms with Gasteiger partial charge >= 0.3 is 0 Å². The van der Waals surface area contributed by atoms with Gasteiger partial charge in [-0.2, -0.15) is 4.98 Å². The van der Waals surface area contributed by atoms with Crippen LogP contribution in [0.5, 0.6) is 0 Å². The lowest BCUT2D eigenvalue weighted by Gasteiger charge is -2.28. The minimum absolute atomic E-state index is 0.783. The number of unbranched alkanes of at least 4 members (excludes halogenated alkanes) is 1. The molecule has 0 spiro atoms. The number of nitrogens with zero attached hydrogens (tertiary/aromatic N) is 3. The van der Waals surface area contributed by atoms with Crippen LogP contribution in [0.2, 0.25) is 0 Å². The van der Waals surface area contributed by atoms with Crippen LogP contribution in [0.25, 0.3) is 0 Å². The third-order valence-corrected chi connectivity index (χ3v) is 3.50. The standard InChI is InChI=1S/C13H23N3O/c1-3-4-5-12-14-13(17-15-12)10-16-8-6-11(2)7-9-16/h11H,3-10H2,1-2H3. The molecule has 17 heavy (non-hydrogen) atoms. The zero-order valence-electron chi connectivity index (χ0n) is 11.0. The average Bonchev–Trinajstić information content (AvgIpc) is 2.77. The Morgan fingerprint density at radius 1 is 1.35 bits per heavy atom. The molecule has 1 fully saturated rings. The molecular weight excluding hydrogens is 214 g/mol. The molecule has 1 aromatic rings. The Labute approximate surface area is 103 Å². The van der Waals surface area contributed by atoms with E-state index < -0.39 is 0 Å². The Kier molecular flexibility index (Phi) is 4.54. The molecule has 1 aromatic heterocycles. The molecule has 2 rings (SSSR count). The van der Waals surface area contributed by atoms with E-state index in [0.717, 1.165) is 50.1 Å². The van der Waals surface area contributed by atoms with E-state index in [1.165, 1.54) is 19.3 Å². The normalized spacial score (nSPS) is 18.7. The molecule has 96 valence electrons. The van der Waals surface area contributed by atoms with Crippen LogP contribution in [0.1, 0.15) is 51.2 Å². The third-order valence-electron chi connectivity index (χ3n) is 3.50. The molecule has 0 radical (unpaired) electrons. The lowest BCUT2D eigenvalue weighted by atomic mass is 9.99. The molecule has 0 amide bonds. The van der Waals surface area contributed by atoms with Gasteiger partial charge in [0.2, 0.25) is 5.89 Å². The molecule has 4 heteroatoms. The lowest BCUT2D eigenvalue weighted by Crippen LogP contribution is -2.32. The van der Waals surface area contributed by atoms with Crippen LogP contribution in [0.15, 0.2) is 4.52 Å². The molecule has 0 atom stereocenters. The van der Waals surface area contributed by atoms with E-state index in [1.54, 1.807) is 0 Å². The predicted octanol–water partition coefficient (Wildman–Crippen LogP) is 2.64. The first-order valence-electron chi connectivity index (χ1n) is 6.81. The SMILES string of the molecule is CCCCc1noc(CN2CCC(C)CC2)n1. The molecule has 0 saturated carbocycles. The van der Waals surface area contributed by atoms with Gasteiger partial charge in [-0.15, -0.1) is 0 Å². The maximum atomic E-state index is 5.29. The smallest absolute Gasteiger partial charge is 0.240 e. The van der Waals surface area contributed by atoms with Crippen molar-refractivity contribution in [1.82, 2.24) is 15.0 Å². The van der Waals surface area contributed by atoms with Crippen LogP contribution < -0.4 is 0 Å². The van der Waals surface area contributed by atoms with Crippen LogP contribution in [0.3, 0.4) is 0 Å². The zero-order chi connectivity index (χ0) is 12.1. The van der Waals surface area contributed by atoms with E-state index in [0.29, 0.717) is 0 Å². The Bertz CT molecular complexity index is 329. The fraction of sp³-hybridized carbons (Fsp3) is 0.846. The first-order chi connectivity index (χ1) is 8.28. The fourth-order valence-electron chi connectivity index (χ4n) is 2.20. The topological polar surface area (TPSA) is 42.2 Å². The maximum absolute atomic E-state index is 5.29. The monoisotopic (exact) mass is 237 g/mol. The summed E-state index contributed by atoms with van der Waals surface area (Å²) in [5, 5.41) is 4.02. The van der Waals surface area contributed by atoms with Crippen LogP contribution >= 0.6 is 0 Å². The molecule has 4 nitrogen and oxygen atoms in total. The van der Waals surface area contributed by atoms with Gasteiger partial charge in [-0.25, -0.2) is 0 Å². The summed E-state index contributed by atoms with van der Waals surface area (Å²) in [5.74, 6) is 2.52. The lowest BCUT2D eigenvalue weighted by molar-refractivity contribution is 0.165. The third kappa shape index (κ3) is 3.80. The van der Waals surface area contributed by atoms with Gasteiger partial charge in [-0.1, -0.05) is 25.4 Å². The molecule has 0 aromatic carbocycles. The Balaban J connectivity index is 1.80. The second-order valence-electron chi connectivity index (χ2n) is 5.17. The number of hydrogen-bond acceptors (Lipinski definition) is 4. The second kappa shape index (κ2) is 6.15. The number of rotatable bonds is 5. The van der Waals surface area contributed by atoms with E-state index in [4.69, 9.17) is 4.52 Å². The Morgan fingerprint density at radius 3 is 2.82 bits per heavy atom. The first-order valence-corrected chi connectivity index (χ1v) is 6.81. The van der Waals surface area contributed by atoms with Crippen LogP contribution in [0, 0.1) is 5.92 Å². The van der Waals surface area contributed by atoms with Crippen molar-refractivity contribution < 1.29 is 4.52 Å². The fourth-order valence-corrected chi connectivity index (χ4v) is 2.20. The second-order valence-corrected chi connectivity index (χ2v) is 5.17. The highest BCUT2D eigenvalue weighted by Crippen LogP contribution is 2.17. The average molecular weight is 237 g/mol. The summed E-state index contributed by atoms with van der Waals surface area (Å²) in [7, 11) is 0. The van der Waals surface area contributed by atoms with Crippen molar-refractivity contribution in [2.45, 2.75) is 52.5 Å². The van der Waals surface area contributed by atoms with E-state index in [2.05, 4.69) is 28.9 Å². The van der Waals surface area contributed by atoms with E-state index in [9.17, 15) is 0 Å². The van der Waals surface area contributed by atoms with Crippen molar-refractivity contribution in [1.29, 1.82) is 0 Å². The minimum atomic E-state index is 0.783. The van der Waals surface area contributed by atoms with Gasteiger partial charge in [0, 0.05) is 6.42 Å². The van der Waals surface area contributed by atoms with Crippen LogP contribution in [-0.4, -0.2) is 28.1 Å². The Hall–Kier alpha value is -0.900. The van der Waals surface area contributed by atoms with Crippen LogP contribution in [0.4, 0.5) is 0 Å². The zero-order valence-corrected chi connectivity index (χ0v) is 11.0. The van der Waals surface area contributed by atoms with Gasteiger partial charge in [-0.3, -0.25) is 4.90 Å². The highest BCUT2D eigenvalue weighted by atomic mass is 16.5. The summed E-state index contributed by atoms with van der Waals surface area (Å²) in [4.78, 5) is 6.86. The van der Waals surface area contributed by atoms with Gasteiger partial charge in [0.25, 0.3) is 0 Å². The number of likely N-dealkylation sites (tertiary alicyclic amines) is 1. The summed E-state index contributed by atoms with van der Waals surface area (Å²) >= 11 is 0. The molecule has 1 saturated heterocycles. The highest BCUT2D eigenvalue weighted by Gasteiger charge is 2.18. The molecule has 0 aliphatic carbocycles. The highest BCUT2D eigenvalue weighted by molar-refractivity contribution is 4.87. The summed E-state index contributed by atoms with van der Waals surface area (Å²) in [5.41, 5.74) is 0. The van der Waals surface area contributed by atoms with Crippen LogP contribution in [-0.2, 0) is 13.0 Å². The number of hydrogen-bond donors (Lipinski definition) is 0. The van der Waals surface area contributed by atoms with E-state index in [1.807, 2.05) is 0 Å². The minimum Gasteiger partial charge on any atom is -0.338 e. The van der Waals surface area contributed by atoms with Crippen molar-refractivity contribution in [3.63, 3.8) is 0 Å². The summed E-state index contributed by atoms with van der Waals surface area (Å²) in [6.07, 6.45) is 5.83. The van der Waals surface area contributed by atoms with Gasteiger partial charge < -0.3 is 4.52 Å². The molecule has 1 aliphatic rings. The van der Waals surface area contributed by atoms with E-state index in [-0.39, 0.29) is 0 Å². The summed E-state index contributed by atoms with van der Waals surface area (Å²) in [6.45, 7) is 7.65. The van der Waals surface area contributed by atoms with E-state index >= 15 is 0 Å². The molecule has 0 N–H and O–H groups in total.